The van der Waals surface area contributed by atoms with Crippen molar-refractivity contribution in [1.82, 2.24) is 10.6 Å². The van der Waals surface area contributed by atoms with Crippen LogP contribution in [0.4, 0.5) is 0 Å². The Bertz CT molecular complexity index is 1080. The lowest BCUT2D eigenvalue weighted by molar-refractivity contribution is -0.118. The summed E-state index contributed by atoms with van der Waals surface area (Å²) in [6, 6.07) is 20.8. The highest BCUT2D eigenvalue weighted by Crippen LogP contribution is 2.32. The number of hydrogen-bond acceptors (Lipinski definition) is 4. The monoisotopic (exact) mass is 444 g/mol. The van der Waals surface area contributed by atoms with E-state index in [1.165, 1.54) is 23.6 Å². The fourth-order valence-corrected chi connectivity index (χ4v) is 3.77. The van der Waals surface area contributed by atoms with Gasteiger partial charge in [-0.2, -0.15) is 0 Å². The molecule has 3 aromatic carbocycles. The van der Waals surface area contributed by atoms with E-state index in [1.54, 1.807) is 14.2 Å². The van der Waals surface area contributed by atoms with Crippen LogP contribution in [0.5, 0.6) is 11.5 Å². The van der Waals surface area contributed by atoms with Gasteiger partial charge >= 0.3 is 0 Å². The second-order valence-corrected chi connectivity index (χ2v) is 7.78. The summed E-state index contributed by atoms with van der Waals surface area (Å²) in [5.41, 5.74) is 6.78. The van der Waals surface area contributed by atoms with E-state index in [2.05, 4.69) is 72.2 Å². The highest BCUT2D eigenvalue weighted by atomic mass is 16.5. The number of rotatable bonds is 10. The summed E-state index contributed by atoms with van der Waals surface area (Å²) in [6.07, 6.45) is 4.21. The normalized spacial score (nSPS) is 10.9. The average molecular weight is 445 g/mol. The molecule has 0 fully saturated rings. The van der Waals surface area contributed by atoms with Crippen LogP contribution < -0.4 is 20.1 Å². The third kappa shape index (κ3) is 6.46. The van der Waals surface area contributed by atoms with Crippen molar-refractivity contribution in [1.29, 1.82) is 0 Å². The molecule has 172 valence electrons. The van der Waals surface area contributed by atoms with Gasteiger partial charge in [0.05, 0.1) is 14.2 Å². The van der Waals surface area contributed by atoms with E-state index in [-0.39, 0.29) is 5.91 Å². The molecule has 0 saturated heterocycles. The fraction of sp³-hybridized carbons (Fsp3) is 0.250. The van der Waals surface area contributed by atoms with Crippen LogP contribution >= 0.6 is 0 Å². The summed E-state index contributed by atoms with van der Waals surface area (Å²) in [4.78, 5) is 11.0. The van der Waals surface area contributed by atoms with Crippen molar-refractivity contribution in [2.24, 2.45) is 0 Å². The third-order valence-corrected chi connectivity index (χ3v) is 5.52. The van der Waals surface area contributed by atoms with Gasteiger partial charge in [0.15, 0.2) is 0 Å². The summed E-state index contributed by atoms with van der Waals surface area (Å²) in [5, 5.41) is 6.10. The van der Waals surface area contributed by atoms with Gasteiger partial charge in [-0.1, -0.05) is 60.7 Å². The van der Waals surface area contributed by atoms with Crippen molar-refractivity contribution < 1.29 is 14.3 Å². The maximum Gasteiger partial charge on any atom is 0.216 e. The molecule has 0 bridgehead atoms. The van der Waals surface area contributed by atoms with Crippen LogP contribution in [-0.4, -0.2) is 33.2 Å². The molecule has 0 spiro atoms. The predicted molar refractivity (Wildman–Crippen MR) is 135 cm³/mol. The molecule has 0 saturated carbocycles. The van der Waals surface area contributed by atoms with Crippen LogP contribution in [0.2, 0.25) is 0 Å². The molecule has 2 N–H and O–H groups in total. The van der Waals surface area contributed by atoms with E-state index in [1.807, 2.05) is 18.2 Å². The Balaban J connectivity index is 1.81. The molecular formula is C28H32N2O3. The van der Waals surface area contributed by atoms with E-state index in [0.717, 1.165) is 28.2 Å². The number of carbonyl (C=O) groups is 1. The molecule has 5 nitrogen and oxygen atoms in total. The molecule has 3 aromatic rings. The van der Waals surface area contributed by atoms with Crippen LogP contribution in [0.1, 0.15) is 29.2 Å². The van der Waals surface area contributed by atoms with E-state index < -0.39 is 0 Å². The maximum absolute atomic E-state index is 11.0. The zero-order chi connectivity index (χ0) is 23.6. The summed E-state index contributed by atoms with van der Waals surface area (Å²) < 4.78 is 11.3. The first-order valence-electron chi connectivity index (χ1n) is 11.1. The van der Waals surface area contributed by atoms with Gasteiger partial charge < -0.3 is 20.1 Å². The molecule has 33 heavy (non-hydrogen) atoms. The van der Waals surface area contributed by atoms with Crippen LogP contribution in [-0.2, 0) is 11.3 Å². The average Bonchev–Trinajstić information content (AvgIpc) is 2.83. The van der Waals surface area contributed by atoms with Gasteiger partial charge in [0.25, 0.3) is 0 Å². The number of carbonyl (C=O) groups excluding carboxylic acids is 1. The molecule has 3 rings (SSSR count). The van der Waals surface area contributed by atoms with Gasteiger partial charge in [0, 0.05) is 32.1 Å². The minimum absolute atomic E-state index is 0.0346. The maximum atomic E-state index is 11.0. The summed E-state index contributed by atoms with van der Waals surface area (Å²) in [5.74, 6) is 1.49. The van der Waals surface area contributed by atoms with Gasteiger partial charge in [-0.25, -0.2) is 0 Å². The van der Waals surface area contributed by atoms with Crippen molar-refractivity contribution in [2.75, 3.05) is 27.3 Å². The Morgan fingerprint density at radius 3 is 2.24 bits per heavy atom. The summed E-state index contributed by atoms with van der Waals surface area (Å²) in [6.45, 7) is 5.47. The molecule has 1 amide bonds. The second-order valence-electron chi connectivity index (χ2n) is 7.78. The van der Waals surface area contributed by atoms with Crippen molar-refractivity contribution in [2.45, 2.75) is 20.4 Å². The number of ether oxygens (including phenoxy) is 2. The van der Waals surface area contributed by atoms with E-state index in [9.17, 15) is 4.79 Å². The number of benzene rings is 3. The Hall–Kier alpha value is -3.57. The molecule has 0 atom stereocenters. The quantitative estimate of drug-likeness (QED) is 0.338. The minimum atomic E-state index is -0.0346. The zero-order valence-electron chi connectivity index (χ0n) is 19.8. The lowest BCUT2D eigenvalue weighted by Crippen LogP contribution is -2.30. The molecule has 0 aliphatic carbocycles. The highest BCUT2D eigenvalue weighted by molar-refractivity contribution is 5.78. The van der Waals surface area contributed by atoms with E-state index >= 15 is 0 Å². The molecule has 0 aliphatic heterocycles. The topological polar surface area (TPSA) is 59.6 Å². The molecule has 0 aromatic heterocycles. The predicted octanol–water partition coefficient (Wildman–Crippen LogP) is 5.08. The molecule has 0 radical (unpaired) electrons. The SMILES string of the molecule is COc1cc(C=Cc2cccc(-c3ccccc3)c2C)cc(OC)c1CNCCNC(C)=O. The van der Waals surface area contributed by atoms with Gasteiger partial charge in [0.1, 0.15) is 11.5 Å². The number of amides is 1. The van der Waals surface area contributed by atoms with Crippen molar-refractivity contribution in [3.63, 3.8) is 0 Å². The van der Waals surface area contributed by atoms with E-state index in [4.69, 9.17) is 9.47 Å². The first-order chi connectivity index (χ1) is 16.0. The highest BCUT2D eigenvalue weighted by Gasteiger charge is 2.12. The smallest absolute Gasteiger partial charge is 0.216 e. The lowest BCUT2D eigenvalue weighted by Gasteiger charge is -2.15. The summed E-state index contributed by atoms with van der Waals surface area (Å²) in [7, 11) is 3.33. The summed E-state index contributed by atoms with van der Waals surface area (Å²) >= 11 is 0. The molecule has 0 aliphatic rings. The Kier molecular flexibility index (Phi) is 8.67. The van der Waals surface area contributed by atoms with Gasteiger partial charge in [-0.15, -0.1) is 0 Å². The Labute approximate surface area is 196 Å². The fourth-order valence-electron chi connectivity index (χ4n) is 3.77. The first-order valence-corrected chi connectivity index (χ1v) is 11.1. The number of methoxy groups -OCH3 is 2. The standard InChI is InChI=1S/C28H32N2O3/c1-20-23(11-8-12-25(20)24-9-6-5-7-10-24)14-13-22-17-27(32-3)26(28(18-22)33-4)19-29-15-16-30-21(2)31/h5-14,17-18,29H,15-16,19H2,1-4H3,(H,30,31). The molecule has 0 heterocycles. The zero-order valence-corrected chi connectivity index (χ0v) is 19.8. The lowest BCUT2D eigenvalue weighted by atomic mass is 9.96. The first kappa shape index (κ1) is 24.1. The van der Waals surface area contributed by atoms with Gasteiger partial charge in [0.2, 0.25) is 5.91 Å². The largest absolute Gasteiger partial charge is 0.496 e. The van der Waals surface area contributed by atoms with Gasteiger partial charge in [-0.05, 0) is 46.9 Å². The Morgan fingerprint density at radius 2 is 1.61 bits per heavy atom. The Morgan fingerprint density at radius 1 is 0.909 bits per heavy atom. The second kappa shape index (κ2) is 11.9. The third-order valence-electron chi connectivity index (χ3n) is 5.52. The molecule has 0 unspecified atom stereocenters. The molecule has 5 heteroatoms. The number of hydrogen-bond donors (Lipinski definition) is 2. The molecular weight excluding hydrogens is 412 g/mol. The van der Waals surface area contributed by atoms with Crippen molar-refractivity contribution >= 4 is 18.1 Å². The van der Waals surface area contributed by atoms with Crippen molar-refractivity contribution in [3.8, 4) is 22.6 Å². The number of nitrogens with one attached hydrogen (secondary N) is 2. The van der Waals surface area contributed by atoms with Crippen LogP contribution in [0, 0.1) is 6.92 Å². The van der Waals surface area contributed by atoms with Crippen LogP contribution in [0.3, 0.4) is 0 Å². The van der Waals surface area contributed by atoms with Crippen LogP contribution in [0.15, 0.2) is 60.7 Å². The van der Waals surface area contributed by atoms with Crippen molar-refractivity contribution in [3.05, 3.63) is 82.9 Å². The minimum Gasteiger partial charge on any atom is -0.496 e. The van der Waals surface area contributed by atoms with Crippen LogP contribution in [0.25, 0.3) is 23.3 Å². The van der Waals surface area contributed by atoms with Gasteiger partial charge in [-0.3, -0.25) is 4.79 Å². The van der Waals surface area contributed by atoms with E-state index in [0.29, 0.717) is 19.6 Å².